The smallest absolute Gasteiger partial charge is 0.253 e. The van der Waals surface area contributed by atoms with Crippen LogP contribution in [0.5, 0.6) is 0 Å². The van der Waals surface area contributed by atoms with Crippen molar-refractivity contribution in [1.82, 2.24) is 0 Å². The Labute approximate surface area is 92.9 Å². The van der Waals surface area contributed by atoms with E-state index in [1.807, 2.05) is 0 Å². The van der Waals surface area contributed by atoms with Crippen molar-refractivity contribution < 1.29 is 21.8 Å². The van der Waals surface area contributed by atoms with E-state index in [4.69, 9.17) is 0 Å². The van der Waals surface area contributed by atoms with Crippen LogP contribution in [0.4, 0.5) is 17.6 Å². The molecular formula is C8H11ClF4OS. The van der Waals surface area contributed by atoms with Crippen LogP contribution in [-0.2, 0) is 10.8 Å². The van der Waals surface area contributed by atoms with E-state index < -0.39 is 26.7 Å². The Bertz CT molecular complexity index is 252. The van der Waals surface area contributed by atoms with E-state index in [1.54, 1.807) is 0 Å². The molecule has 0 fully saturated rings. The molecule has 0 aromatic heterocycles. The summed E-state index contributed by atoms with van der Waals surface area (Å²) in [5, 5.41) is -10.6. The highest BCUT2D eigenvalue weighted by molar-refractivity contribution is 7.86. The molecule has 0 heterocycles. The average Bonchev–Trinajstić information content (AvgIpc) is 2.10. The Kier molecular flexibility index (Phi) is 5.26. The Hall–Kier alpha value is -0.100. The topological polar surface area (TPSA) is 17.1 Å². The molecule has 0 N–H and O–H groups in total. The molecule has 90 valence electrons. The van der Waals surface area contributed by atoms with Crippen LogP contribution in [0, 0.1) is 0 Å². The van der Waals surface area contributed by atoms with Crippen molar-refractivity contribution in [3.05, 3.63) is 12.7 Å². The molecule has 2 unspecified atom stereocenters. The molecule has 7 heteroatoms. The molecule has 0 spiro atoms. The zero-order valence-electron chi connectivity index (χ0n) is 7.98. The summed E-state index contributed by atoms with van der Waals surface area (Å²) in [6.07, 6.45) is 1.86. The maximum Gasteiger partial charge on any atom is 0.397 e. The van der Waals surface area contributed by atoms with E-state index in [0.717, 1.165) is 0 Å². The van der Waals surface area contributed by atoms with E-state index in [0.29, 0.717) is 6.42 Å². The van der Waals surface area contributed by atoms with Gasteiger partial charge in [0.25, 0.3) is 0 Å². The molecule has 15 heavy (non-hydrogen) atoms. The van der Waals surface area contributed by atoms with Crippen LogP contribution in [0.2, 0.25) is 0 Å². The lowest BCUT2D eigenvalue weighted by molar-refractivity contribution is -0.0936. The summed E-state index contributed by atoms with van der Waals surface area (Å²) in [4.78, 5) is 0. The predicted molar refractivity (Wildman–Crippen MR) is 52.8 cm³/mol. The lowest BCUT2D eigenvalue weighted by Gasteiger charge is -2.23. The van der Waals surface area contributed by atoms with Gasteiger partial charge in [0.05, 0.1) is 0 Å². The Morgan fingerprint density at radius 2 is 1.93 bits per heavy atom. The monoisotopic (exact) mass is 266 g/mol. The van der Waals surface area contributed by atoms with Gasteiger partial charge in [-0.1, -0.05) is 13.0 Å². The number of halogens is 5. The summed E-state index contributed by atoms with van der Waals surface area (Å²) >= 11 is 4.20. The third kappa shape index (κ3) is 3.75. The highest BCUT2D eigenvalue weighted by Gasteiger charge is 2.60. The first-order valence-corrected chi connectivity index (χ1v) is 5.69. The summed E-state index contributed by atoms with van der Waals surface area (Å²) in [6, 6.07) is 0. The number of allylic oxidation sites excluding steroid dienone is 1. The third-order valence-corrected chi connectivity index (χ3v) is 3.80. The third-order valence-electron chi connectivity index (χ3n) is 1.73. The standard InChI is InChI=1S/C8H11ClF4OS/c1-3-4-5-6(2)15(14)8(12,13)7(9,10)11/h3,6H,1,4-5H2,2H3. The molecule has 0 rings (SSSR count). The molecule has 0 aliphatic carbocycles. The molecule has 0 aliphatic rings. The largest absolute Gasteiger partial charge is 0.397 e. The van der Waals surface area contributed by atoms with E-state index in [2.05, 4.69) is 18.2 Å². The van der Waals surface area contributed by atoms with Gasteiger partial charge in [-0.05, 0) is 24.4 Å². The van der Waals surface area contributed by atoms with Crippen LogP contribution < -0.4 is 0 Å². The van der Waals surface area contributed by atoms with Crippen molar-refractivity contribution in [2.45, 2.75) is 35.7 Å². The molecule has 2 atom stereocenters. The highest BCUT2D eigenvalue weighted by atomic mass is 35.5. The van der Waals surface area contributed by atoms with Crippen LogP contribution in [0.1, 0.15) is 19.8 Å². The maximum atomic E-state index is 12.8. The van der Waals surface area contributed by atoms with Gasteiger partial charge >= 0.3 is 10.6 Å². The number of hydrogen-bond acceptors (Lipinski definition) is 1. The quantitative estimate of drug-likeness (QED) is 0.408. The first-order chi connectivity index (χ1) is 6.64. The summed E-state index contributed by atoms with van der Waals surface area (Å²) < 4.78 is 61.1. The Morgan fingerprint density at radius 1 is 1.47 bits per heavy atom. The van der Waals surface area contributed by atoms with Gasteiger partial charge in [-0.3, -0.25) is 4.21 Å². The highest BCUT2D eigenvalue weighted by Crippen LogP contribution is 2.41. The van der Waals surface area contributed by atoms with Gasteiger partial charge < -0.3 is 0 Å². The molecular weight excluding hydrogens is 256 g/mol. The van der Waals surface area contributed by atoms with Crippen molar-refractivity contribution in [1.29, 1.82) is 0 Å². The van der Waals surface area contributed by atoms with Crippen LogP contribution in [0.15, 0.2) is 12.7 Å². The van der Waals surface area contributed by atoms with Crippen LogP contribution in [-0.4, -0.2) is 20.1 Å². The molecule has 0 saturated heterocycles. The minimum atomic E-state index is -4.79. The SMILES string of the molecule is C=CCCC(C)S(=O)C(F)(F)C(F)(F)Cl. The van der Waals surface area contributed by atoms with Gasteiger partial charge in [0.1, 0.15) is 10.8 Å². The predicted octanol–water partition coefficient (Wildman–Crippen LogP) is 3.51. The number of rotatable bonds is 6. The minimum absolute atomic E-state index is 0.0959. The lowest BCUT2D eigenvalue weighted by Crippen LogP contribution is -2.43. The van der Waals surface area contributed by atoms with Crippen LogP contribution in [0.25, 0.3) is 0 Å². The summed E-state index contributed by atoms with van der Waals surface area (Å²) in [6.45, 7) is 4.55. The fourth-order valence-corrected chi connectivity index (χ4v) is 2.14. The van der Waals surface area contributed by atoms with Crippen molar-refractivity contribution in [3.8, 4) is 0 Å². The van der Waals surface area contributed by atoms with Crippen LogP contribution >= 0.6 is 11.6 Å². The molecule has 0 radical (unpaired) electrons. The van der Waals surface area contributed by atoms with E-state index in [-0.39, 0.29) is 6.42 Å². The second-order valence-corrected chi connectivity index (χ2v) is 5.38. The molecule has 0 bridgehead atoms. The Morgan fingerprint density at radius 3 is 2.27 bits per heavy atom. The molecule has 0 amide bonds. The zero-order chi connectivity index (χ0) is 12.3. The van der Waals surface area contributed by atoms with Crippen LogP contribution in [0.3, 0.4) is 0 Å². The van der Waals surface area contributed by atoms with Gasteiger partial charge in [-0.15, -0.1) is 6.58 Å². The fraction of sp³-hybridized carbons (Fsp3) is 0.750. The van der Waals surface area contributed by atoms with Crippen molar-refractivity contribution in [2.24, 2.45) is 0 Å². The molecule has 1 nitrogen and oxygen atoms in total. The first-order valence-electron chi connectivity index (χ1n) is 4.10. The summed E-state index contributed by atoms with van der Waals surface area (Å²) in [7, 11) is -3.01. The van der Waals surface area contributed by atoms with Crippen molar-refractivity contribution in [3.63, 3.8) is 0 Å². The second-order valence-electron chi connectivity index (χ2n) is 2.99. The van der Waals surface area contributed by atoms with Crippen molar-refractivity contribution >= 4 is 22.4 Å². The van der Waals surface area contributed by atoms with Gasteiger partial charge in [0, 0.05) is 5.25 Å². The Balaban J connectivity index is 4.62. The van der Waals surface area contributed by atoms with E-state index >= 15 is 0 Å². The summed E-state index contributed by atoms with van der Waals surface area (Å²) in [5.41, 5.74) is 0. The minimum Gasteiger partial charge on any atom is -0.253 e. The van der Waals surface area contributed by atoms with E-state index in [9.17, 15) is 21.8 Å². The van der Waals surface area contributed by atoms with Gasteiger partial charge in [0.15, 0.2) is 0 Å². The molecule has 0 saturated carbocycles. The van der Waals surface area contributed by atoms with Gasteiger partial charge in [-0.2, -0.15) is 17.6 Å². The van der Waals surface area contributed by atoms with Crippen molar-refractivity contribution in [2.75, 3.05) is 0 Å². The zero-order valence-corrected chi connectivity index (χ0v) is 9.55. The average molecular weight is 267 g/mol. The van der Waals surface area contributed by atoms with E-state index in [1.165, 1.54) is 13.0 Å². The lowest BCUT2D eigenvalue weighted by atomic mass is 10.2. The number of hydrogen-bond donors (Lipinski definition) is 0. The molecule has 0 aliphatic heterocycles. The fourth-order valence-electron chi connectivity index (χ4n) is 0.826. The molecule has 0 aromatic rings. The van der Waals surface area contributed by atoms with Gasteiger partial charge in [0.2, 0.25) is 0 Å². The summed E-state index contributed by atoms with van der Waals surface area (Å²) in [5.74, 6) is 0. The maximum absolute atomic E-state index is 12.8. The second kappa shape index (κ2) is 5.30. The first kappa shape index (κ1) is 14.9. The molecule has 0 aromatic carbocycles. The number of alkyl halides is 5. The van der Waals surface area contributed by atoms with Gasteiger partial charge in [-0.25, -0.2) is 0 Å². The normalized spacial score (nSPS) is 17.2.